The molecule has 1 aliphatic heterocycles. The monoisotopic (exact) mass is 290 g/mol. The first-order valence-electron chi connectivity index (χ1n) is 7.30. The van der Waals surface area contributed by atoms with E-state index >= 15 is 0 Å². The smallest absolute Gasteiger partial charge is 0.274 e. The van der Waals surface area contributed by atoms with Crippen molar-refractivity contribution in [1.82, 2.24) is 10.4 Å². The van der Waals surface area contributed by atoms with E-state index in [-0.39, 0.29) is 17.9 Å². The fourth-order valence-electron chi connectivity index (χ4n) is 2.47. The number of benzene rings is 1. The molecule has 5 heteroatoms. The molecule has 2 rings (SSSR count). The van der Waals surface area contributed by atoms with Crippen molar-refractivity contribution in [1.29, 1.82) is 0 Å². The number of hydrogen-bond acceptors (Lipinski definition) is 3. The lowest BCUT2D eigenvalue weighted by atomic mass is 10.2. The number of nitrogens with one attached hydrogen (secondary N) is 1. The van der Waals surface area contributed by atoms with Gasteiger partial charge in [0.15, 0.2) is 6.10 Å². The van der Waals surface area contributed by atoms with Gasteiger partial charge in [-0.3, -0.25) is 14.4 Å². The van der Waals surface area contributed by atoms with Gasteiger partial charge in [0, 0.05) is 24.6 Å². The second kappa shape index (κ2) is 6.72. The molecule has 0 bridgehead atoms. The minimum absolute atomic E-state index is 0.0513. The van der Waals surface area contributed by atoms with E-state index in [0.717, 1.165) is 0 Å². The zero-order chi connectivity index (χ0) is 15.4. The van der Waals surface area contributed by atoms with Gasteiger partial charge in [0.2, 0.25) is 0 Å². The zero-order valence-electron chi connectivity index (χ0n) is 12.7. The zero-order valence-corrected chi connectivity index (χ0v) is 12.7. The topological polar surface area (TPSA) is 58.6 Å². The highest BCUT2D eigenvalue weighted by Gasteiger charge is 2.38. The molecule has 21 heavy (non-hydrogen) atoms. The number of nitrogens with zero attached hydrogens (tertiary/aromatic N) is 1. The summed E-state index contributed by atoms with van der Waals surface area (Å²) in [6, 6.07) is 8.93. The lowest BCUT2D eigenvalue weighted by molar-refractivity contribution is -0.141. The Kier molecular flexibility index (Phi) is 4.96. The van der Waals surface area contributed by atoms with Crippen molar-refractivity contribution in [3.8, 4) is 0 Å². The number of rotatable bonds is 5. The quantitative estimate of drug-likeness (QED) is 0.844. The summed E-state index contributed by atoms with van der Waals surface area (Å²) >= 11 is 0. The van der Waals surface area contributed by atoms with E-state index in [2.05, 4.69) is 19.3 Å². The highest BCUT2D eigenvalue weighted by atomic mass is 16.7. The van der Waals surface area contributed by atoms with Crippen LogP contribution in [0.5, 0.6) is 0 Å². The molecule has 1 aromatic carbocycles. The molecule has 114 valence electrons. The molecule has 1 saturated heterocycles. The third kappa shape index (κ3) is 3.82. The first-order chi connectivity index (χ1) is 9.99. The van der Waals surface area contributed by atoms with Gasteiger partial charge < -0.3 is 4.90 Å². The first kappa shape index (κ1) is 15.5. The van der Waals surface area contributed by atoms with Gasteiger partial charge in [-0.25, -0.2) is 5.48 Å². The molecule has 1 N–H and O–H groups in total. The standard InChI is InChI=1S/C16H22N2O3/c1-11(2)10-18-12(3)9-14(16(18)20)21-17-15(19)13-7-5-4-6-8-13/h4-8,11-12,14H,9-10H2,1-3H3,(H,17,19)/t12?,14-/m1/s1. The molecule has 1 aromatic rings. The van der Waals surface area contributed by atoms with Gasteiger partial charge in [0.25, 0.3) is 11.8 Å². The number of hydroxylamine groups is 1. The molecule has 2 atom stereocenters. The van der Waals surface area contributed by atoms with E-state index in [4.69, 9.17) is 4.84 Å². The third-order valence-corrected chi connectivity index (χ3v) is 3.54. The molecular weight excluding hydrogens is 268 g/mol. The Morgan fingerprint density at radius 3 is 2.67 bits per heavy atom. The Labute approximate surface area is 125 Å². The highest BCUT2D eigenvalue weighted by molar-refractivity contribution is 5.93. The average molecular weight is 290 g/mol. The Bertz CT molecular complexity index is 502. The van der Waals surface area contributed by atoms with Gasteiger partial charge in [0.1, 0.15) is 0 Å². The maximum absolute atomic E-state index is 12.3. The van der Waals surface area contributed by atoms with E-state index in [1.807, 2.05) is 17.9 Å². The lowest BCUT2D eigenvalue weighted by Gasteiger charge is -2.23. The van der Waals surface area contributed by atoms with Gasteiger partial charge >= 0.3 is 0 Å². The fraction of sp³-hybridized carbons (Fsp3) is 0.500. The Morgan fingerprint density at radius 1 is 1.38 bits per heavy atom. The predicted molar refractivity (Wildman–Crippen MR) is 79.4 cm³/mol. The largest absolute Gasteiger partial charge is 0.337 e. The van der Waals surface area contributed by atoms with Crippen LogP contribution in [0.3, 0.4) is 0 Å². The van der Waals surface area contributed by atoms with E-state index in [1.54, 1.807) is 24.3 Å². The summed E-state index contributed by atoms with van der Waals surface area (Å²) < 4.78 is 0. The molecule has 0 radical (unpaired) electrons. The summed E-state index contributed by atoms with van der Waals surface area (Å²) in [5.41, 5.74) is 2.89. The number of carbonyl (C=O) groups is 2. The molecule has 0 saturated carbocycles. The summed E-state index contributed by atoms with van der Waals surface area (Å²) in [4.78, 5) is 31.3. The molecule has 0 spiro atoms. The number of carbonyl (C=O) groups excluding carboxylic acids is 2. The van der Waals surface area contributed by atoms with Gasteiger partial charge in [-0.2, -0.15) is 0 Å². The van der Waals surface area contributed by atoms with Crippen molar-refractivity contribution in [2.45, 2.75) is 39.3 Å². The Hall–Kier alpha value is -1.88. The van der Waals surface area contributed by atoms with Crippen LogP contribution in [0.2, 0.25) is 0 Å². The number of hydrogen-bond donors (Lipinski definition) is 1. The Morgan fingerprint density at radius 2 is 2.05 bits per heavy atom. The van der Waals surface area contributed by atoms with Crippen molar-refractivity contribution in [3.05, 3.63) is 35.9 Å². The second-order valence-electron chi connectivity index (χ2n) is 5.87. The highest BCUT2D eigenvalue weighted by Crippen LogP contribution is 2.22. The minimum Gasteiger partial charge on any atom is -0.337 e. The predicted octanol–water partition coefficient (Wildman–Crippen LogP) is 1.99. The summed E-state index contributed by atoms with van der Waals surface area (Å²) in [7, 11) is 0. The molecule has 0 aliphatic carbocycles. The molecular formula is C16H22N2O3. The average Bonchev–Trinajstić information content (AvgIpc) is 2.73. The third-order valence-electron chi connectivity index (χ3n) is 3.54. The van der Waals surface area contributed by atoms with Gasteiger partial charge in [-0.15, -0.1) is 0 Å². The maximum Gasteiger partial charge on any atom is 0.274 e. The molecule has 1 heterocycles. The van der Waals surface area contributed by atoms with Crippen LogP contribution in [-0.2, 0) is 9.63 Å². The van der Waals surface area contributed by atoms with Crippen LogP contribution in [0.25, 0.3) is 0 Å². The van der Waals surface area contributed by atoms with Gasteiger partial charge in [-0.05, 0) is 25.0 Å². The number of likely N-dealkylation sites (tertiary alicyclic amines) is 1. The van der Waals surface area contributed by atoms with Gasteiger partial charge in [-0.1, -0.05) is 32.0 Å². The maximum atomic E-state index is 12.3. The minimum atomic E-state index is -0.591. The molecule has 5 nitrogen and oxygen atoms in total. The summed E-state index contributed by atoms with van der Waals surface area (Å²) in [6.45, 7) is 6.87. The van der Waals surface area contributed by atoms with Crippen molar-refractivity contribution in [3.63, 3.8) is 0 Å². The van der Waals surface area contributed by atoms with E-state index in [0.29, 0.717) is 24.4 Å². The second-order valence-corrected chi connectivity index (χ2v) is 5.87. The molecule has 2 amide bonds. The van der Waals surface area contributed by atoms with Crippen LogP contribution in [0.4, 0.5) is 0 Å². The van der Waals surface area contributed by atoms with E-state index in [1.165, 1.54) is 0 Å². The number of amides is 2. The van der Waals surface area contributed by atoms with Crippen molar-refractivity contribution in [2.24, 2.45) is 5.92 Å². The van der Waals surface area contributed by atoms with Crippen molar-refractivity contribution >= 4 is 11.8 Å². The van der Waals surface area contributed by atoms with Crippen LogP contribution < -0.4 is 5.48 Å². The van der Waals surface area contributed by atoms with Crippen LogP contribution in [-0.4, -0.2) is 35.4 Å². The summed E-state index contributed by atoms with van der Waals surface area (Å²) in [6.07, 6.45) is 0.00656. The summed E-state index contributed by atoms with van der Waals surface area (Å²) in [5, 5.41) is 0. The van der Waals surface area contributed by atoms with E-state index < -0.39 is 6.10 Å². The van der Waals surface area contributed by atoms with E-state index in [9.17, 15) is 9.59 Å². The SMILES string of the molecule is CC(C)CN1C(=O)[C@H](ONC(=O)c2ccccc2)CC1C. The van der Waals surface area contributed by atoms with Gasteiger partial charge in [0.05, 0.1) is 0 Å². The van der Waals surface area contributed by atoms with Crippen LogP contribution in [0, 0.1) is 5.92 Å². The van der Waals surface area contributed by atoms with Crippen LogP contribution >= 0.6 is 0 Å². The fourth-order valence-corrected chi connectivity index (χ4v) is 2.47. The van der Waals surface area contributed by atoms with Crippen LogP contribution in [0.15, 0.2) is 30.3 Å². The summed E-state index contributed by atoms with van der Waals surface area (Å²) in [5.74, 6) is 0.0250. The molecule has 1 unspecified atom stereocenters. The molecule has 1 fully saturated rings. The van der Waals surface area contributed by atoms with Crippen molar-refractivity contribution < 1.29 is 14.4 Å². The normalized spacial score (nSPS) is 21.9. The molecule has 0 aromatic heterocycles. The van der Waals surface area contributed by atoms with Crippen molar-refractivity contribution in [2.75, 3.05) is 6.54 Å². The first-order valence-corrected chi connectivity index (χ1v) is 7.30. The van der Waals surface area contributed by atoms with Crippen LogP contribution in [0.1, 0.15) is 37.6 Å². The lowest BCUT2D eigenvalue weighted by Crippen LogP contribution is -2.38. The Balaban J connectivity index is 1.89. The molecule has 1 aliphatic rings.